The van der Waals surface area contributed by atoms with Gasteiger partial charge in [-0.3, -0.25) is 4.79 Å². The molecule has 0 fully saturated rings. The van der Waals surface area contributed by atoms with Gasteiger partial charge in [-0.1, -0.05) is 72.4 Å². The molecule has 152 valence electrons. The fourth-order valence-corrected chi connectivity index (χ4v) is 4.07. The molecule has 0 bridgehead atoms. The average Bonchev–Trinajstić information content (AvgIpc) is 3.15. The molecule has 0 aliphatic heterocycles. The topological polar surface area (TPSA) is 72.2 Å². The van der Waals surface area contributed by atoms with Gasteiger partial charge in [-0.2, -0.15) is 4.98 Å². The van der Waals surface area contributed by atoms with E-state index in [1.165, 1.54) is 11.8 Å². The van der Waals surface area contributed by atoms with E-state index in [2.05, 4.69) is 20.4 Å². The second kappa shape index (κ2) is 8.67. The number of hydrogen-bond acceptors (Lipinski definition) is 5. The van der Waals surface area contributed by atoms with E-state index in [0.29, 0.717) is 10.9 Å². The molecular formula is C23H23N5OS. The van der Waals surface area contributed by atoms with Gasteiger partial charge in [0.05, 0.1) is 11.3 Å². The highest BCUT2D eigenvalue weighted by molar-refractivity contribution is 8.00. The van der Waals surface area contributed by atoms with Gasteiger partial charge in [0, 0.05) is 11.4 Å². The average molecular weight is 418 g/mol. The SMILES string of the molecule is Cc1cc(C)n2nc(S[C@H](C)C(=O)NC(c3ccccc3)c3ccccc3)nc2n1. The van der Waals surface area contributed by atoms with Crippen molar-refractivity contribution in [2.75, 3.05) is 0 Å². The molecule has 0 saturated heterocycles. The Hall–Kier alpha value is -3.19. The summed E-state index contributed by atoms with van der Waals surface area (Å²) >= 11 is 1.33. The summed E-state index contributed by atoms with van der Waals surface area (Å²) in [4.78, 5) is 21.9. The number of nitrogens with zero attached hydrogens (tertiary/aromatic N) is 4. The summed E-state index contributed by atoms with van der Waals surface area (Å²) in [5.41, 5.74) is 3.93. The fraction of sp³-hybridized carbons (Fsp3) is 0.217. The Morgan fingerprint density at radius 3 is 2.17 bits per heavy atom. The number of nitrogens with one attached hydrogen (secondary N) is 1. The Bertz CT molecular complexity index is 1120. The van der Waals surface area contributed by atoms with Crippen molar-refractivity contribution in [2.45, 2.75) is 37.2 Å². The van der Waals surface area contributed by atoms with Gasteiger partial charge < -0.3 is 5.32 Å². The van der Waals surface area contributed by atoms with E-state index in [4.69, 9.17) is 0 Å². The first-order chi connectivity index (χ1) is 14.5. The number of aryl methyl sites for hydroxylation is 2. The van der Waals surface area contributed by atoms with Crippen LogP contribution in [0.2, 0.25) is 0 Å². The third kappa shape index (κ3) is 4.36. The summed E-state index contributed by atoms with van der Waals surface area (Å²) in [7, 11) is 0. The van der Waals surface area contributed by atoms with E-state index in [1.54, 1.807) is 4.52 Å². The van der Waals surface area contributed by atoms with Crippen LogP contribution in [0.1, 0.15) is 35.5 Å². The molecule has 1 amide bonds. The molecule has 30 heavy (non-hydrogen) atoms. The maximum absolute atomic E-state index is 13.0. The number of benzene rings is 2. The van der Waals surface area contributed by atoms with E-state index in [0.717, 1.165) is 22.5 Å². The van der Waals surface area contributed by atoms with Crippen molar-refractivity contribution in [3.8, 4) is 0 Å². The Balaban J connectivity index is 1.53. The highest BCUT2D eigenvalue weighted by atomic mass is 32.2. The van der Waals surface area contributed by atoms with Crippen molar-refractivity contribution in [1.82, 2.24) is 24.9 Å². The maximum Gasteiger partial charge on any atom is 0.253 e. The normalized spacial score (nSPS) is 12.3. The quantitative estimate of drug-likeness (QED) is 0.478. The first kappa shape index (κ1) is 20.1. The molecule has 6 nitrogen and oxygen atoms in total. The molecule has 0 saturated carbocycles. The lowest BCUT2D eigenvalue weighted by Gasteiger charge is -2.21. The van der Waals surface area contributed by atoms with Gasteiger partial charge in [0.15, 0.2) is 0 Å². The molecule has 0 aliphatic carbocycles. The predicted octanol–water partition coefficient (Wildman–Crippen LogP) is 4.13. The lowest BCUT2D eigenvalue weighted by molar-refractivity contribution is -0.120. The zero-order valence-corrected chi connectivity index (χ0v) is 17.9. The first-order valence-electron chi connectivity index (χ1n) is 9.79. The van der Waals surface area contributed by atoms with Crippen molar-refractivity contribution in [3.05, 3.63) is 89.2 Å². The van der Waals surface area contributed by atoms with Crippen LogP contribution in [0.3, 0.4) is 0 Å². The number of rotatable bonds is 6. The van der Waals surface area contributed by atoms with E-state index in [1.807, 2.05) is 87.5 Å². The van der Waals surface area contributed by atoms with Gasteiger partial charge in [-0.15, -0.1) is 5.10 Å². The van der Waals surface area contributed by atoms with Crippen molar-refractivity contribution in [2.24, 2.45) is 0 Å². The monoisotopic (exact) mass is 417 g/mol. The summed E-state index contributed by atoms with van der Waals surface area (Å²) in [6.45, 7) is 5.76. The molecular weight excluding hydrogens is 394 g/mol. The van der Waals surface area contributed by atoms with Gasteiger partial charge in [-0.05, 0) is 38.0 Å². The van der Waals surface area contributed by atoms with Crippen LogP contribution in [-0.2, 0) is 4.79 Å². The van der Waals surface area contributed by atoms with Crippen LogP contribution in [0.25, 0.3) is 5.78 Å². The van der Waals surface area contributed by atoms with Crippen molar-refractivity contribution >= 4 is 23.4 Å². The van der Waals surface area contributed by atoms with Crippen LogP contribution < -0.4 is 5.32 Å². The van der Waals surface area contributed by atoms with Crippen molar-refractivity contribution in [1.29, 1.82) is 0 Å². The molecule has 0 unspecified atom stereocenters. The summed E-state index contributed by atoms with van der Waals surface area (Å²) in [6, 6.07) is 21.7. The van der Waals surface area contributed by atoms with E-state index in [9.17, 15) is 4.79 Å². The van der Waals surface area contributed by atoms with E-state index in [-0.39, 0.29) is 17.2 Å². The summed E-state index contributed by atoms with van der Waals surface area (Å²) in [5, 5.41) is 7.86. The Kier molecular flexibility index (Phi) is 5.81. The Morgan fingerprint density at radius 2 is 1.57 bits per heavy atom. The zero-order valence-electron chi connectivity index (χ0n) is 17.1. The number of aromatic nitrogens is 4. The maximum atomic E-state index is 13.0. The Labute approximate surface area is 179 Å². The molecule has 2 aromatic heterocycles. The van der Waals surface area contributed by atoms with Gasteiger partial charge in [-0.25, -0.2) is 9.50 Å². The largest absolute Gasteiger partial charge is 0.344 e. The molecule has 0 radical (unpaired) electrons. The molecule has 7 heteroatoms. The molecule has 4 rings (SSSR count). The standard InChI is InChI=1S/C23H23N5OS/c1-15-14-16(2)28-22(24-15)26-23(27-28)30-17(3)21(29)25-20(18-10-6-4-7-11-18)19-12-8-5-9-13-19/h4-14,17,20H,1-3H3,(H,25,29)/t17-/m1/s1. The highest BCUT2D eigenvalue weighted by Crippen LogP contribution is 2.25. The van der Waals surface area contributed by atoms with Gasteiger partial charge in [0.2, 0.25) is 11.1 Å². The molecule has 4 aromatic rings. The number of carbonyl (C=O) groups is 1. The minimum absolute atomic E-state index is 0.0718. The molecule has 1 atom stereocenters. The molecule has 1 N–H and O–H groups in total. The van der Waals surface area contributed by atoms with Crippen LogP contribution in [0.4, 0.5) is 0 Å². The number of amides is 1. The lowest BCUT2D eigenvalue weighted by atomic mass is 9.98. The second-order valence-electron chi connectivity index (χ2n) is 7.17. The zero-order chi connectivity index (χ0) is 21.1. The van der Waals surface area contributed by atoms with Gasteiger partial charge >= 0.3 is 0 Å². The fourth-order valence-electron chi connectivity index (χ4n) is 3.32. The predicted molar refractivity (Wildman–Crippen MR) is 118 cm³/mol. The lowest BCUT2D eigenvalue weighted by Crippen LogP contribution is -2.35. The summed E-state index contributed by atoms with van der Waals surface area (Å²) in [5.74, 6) is 0.478. The third-order valence-electron chi connectivity index (χ3n) is 4.80. The number of hydrogen-bond donors (Lipinski definition) is 1. The van der Waals surface area contributed by atoms with Crippen LogP contribution >= 0.6 is 11.8 Å². The van der Waals surface area contributed by atoms with E-state index >= 15 is 0 Å². The van der Waals surface area contributed by atoms with Crippen LogP contribution in [0, 0.1) is 13.8 Å². The highest BCUT2D eigenvalue weighted by Gasteiger charge is 2.23. The van der Waals surface area contributed by atoms with Crippen LogP contribution in [0.15, 0.2) is 71.9 Å². The van der Waals surface area contributed by atoms with Crippen molar-refractivity contribution in [3.63, 3.8) is 0 Å². The molecule has 2 aromatic carbocycles. The van der Waals surface area contributed by atoms with Gasteiger partial charge in [0.25, 0.3) is 5.78 Å². The molecule has 2 heterocycles. The minimum Gasteiger partial charge on any atom is -0.344 e. The smallest absolute Gasteiger partial charge is 0.253 e. The van der Waals surface area contributed by atoms with Crippen molar-refractivity contribution < 1.29 is 4.79 Å². The van der Waals surface area contributed by atoms with Gasteiger partial charge in [0.1, 0.15) is 0 Å². The third-order valence-corrected chi connectivity index (χ3v) is 5.75. The minimum atomic E-state index is -0.362. The number of thioether (sulfide) groups is 1. The summed E-state index contributed by atoms with van der Waals surface area (Å²) < 4.78 is 1.71. The van der Waals surface area contributed by atoms with Crippen LogP contribution in [-0.4, -0.2) is 30.7 Å². The second-order valence-corrected chi connectivity index (χ2v) is 8.48. The number of fused-ring (bicyclic) bond motifs is 1. The molecule has 0 spiro atoms. The van der Waals surface area contributed by atoms with Crippen LogP contribution in [0.5, 0.6) is 0 Å². The first-order valence-corrected chi connectivity index (χ1v) is 10.7. The number of carbonyl (C=O) groups excluding carboxylic acids is 1. The summed E-state index contributed by atoms with van der Waals surface area (Å²) in [6.07, 6.45) is 0. The molecule has 0 aliphatic rings. The van der Waals surface area contributed by atoms with E-state index < -0.39 is 0 Å². The Morgan fingerprint density at radius 1 is 0.967 bits per heavy atom.